The molecule has 0 aromatic heterocycles. The number of rotatable bonds is 6. The van der Waals surface area contributed by atoms with Crippen LogP contribution in [0, 0.1) is 20.7 Å². The number of carbonyl (C=O) groups is 1. The summed E-state index contributed by atoms with van der Waals surface area (Å²) in [6.07, 6.45) is 1.46. The summed E-state index contributed by atoms with van der Waals surface area (Å²) >= 11 is 2.14. The average molecular weight is 498 g/mol. The molecule has 3 aromatic carbocycles. The lowest BCUT2D eigenvalue weighted by Gasteiger charge is -2.09. The van der Waals surface area contributed by atoms with Crippen LogP contribution in [0.25, 0.3) is 6.08 Å². The molecule has 0 atom stereocenters. The van der Waals surface area contributed by atoms with Gasteiger partial charge in [0, 0.05) is 0 Å². The number of amides is 1. The first-order valence-corrected chi connectivity index (χ1v) is 9.78. The van der Waals surface area contributed by atoms with Crippen molar-refractivity contribution in [1.29, 1.82) is 5.26 Å². The van der Waals surface area contributed by atoms with Gasteiger partial charge in [0.2, 0.25) is 0 Å². The minimum Gasteiger partial charge on any atom is -0.488 e. The van der Waals surface area contributed by atoms with Crippen molar-refractivity contribution >= 4 is 40.3 Å². The zero-order chi connectivity index (χ0) is 20.6. The molecule has 3 rings (SSSR count). The van der Waals surface area contributed by atoms with Crippen LogP contribution in [0.15, 0.2) is 78.4 Å². The summed E-state index contributed by atoms with van der Waals surface area (Å²) in [5.74, 6) is -0.523. The first-order valence-electron chi connectivity index (χ1n) is 8.71. The average Bonchev–Trinajstić information content (AvgIpc) is 2.73. The van der Waals surface area contributed by atoms with Gasteiger partial charge in [-0.05, 0) is 64.1 Å². The Kier molecular flexibility index (Phi) is 6.98. The molecule has 0 radical (unpaired) electrons. The molecule has 1 N–H and O–H groups in total. The number of halogens is 2. The monoisotopic (exact) mass is 498 g/mol. The van der Waals surface area contributed by atoms with E-state index in [2.05, 4.69) is 27.9 Å². The standard InChI is InChI=1S/C23H16FIN2O2/c24-19-8-4-5-9-21(19)27-23(28)18(14-26)12-17-10-11-22(20(25)13-17)29-15-16-6-2-1-3-7-16/h1-13H,15H2,(H,27,28)/b18-12-. The second-order valence-corrected chi connectivity index (χ2v) is 7.23. The number of ether oxygens (including phenoxy) is 1. The van der Waals surface area contributed by atoms with Crippen molar-refractivity contribution < 1.29 is 13.9 Å². The summed E-state index contributed by atoms with van der Waals surface area (Å²) in [5, 5.41) is 11.8. The third kappa shape index (κ3) is 5.65. The Hall–Kier alpha value is -3.18. The predicted molar refractivity (Wildman–Crippen MR) is 119 cm³/mol. The van der Waals surface area contributed by atoms with Gasteiger partial charge < -0.3 is 10.1 Å². The highest BCUT2D eigenvalue weighted by Crippen LogP contribution is 2.24. The SMILES string of the molecule is N#C/C(=C/c1ccc(OCc2ccccc2)c(I)c1)C(=O)Nc1ccccc1F. The van der Waals surface area contributed by atoms with Crippen LogP contribution < -0.4 is 10.1 Å². The number of anilines is 1. The fourth-order valence-electron chi connectivity index (χ4n) is 2.53. The Labute approximate surface area is 181 Å². The van der Waals surface area contributed by atoms with Crippen molar-refractivity contribution in [2.75, 3.05) is 5.32 Å². The van der Waals surface area contributed by atoms with Crippen LogP contribution in [0.3, 0.4) is 0 Å². The molecule has 0 aliphatic rings. The van der Waals surface area contributed by atoms with Crippen molar-refractivity contribution in [1.82, 2.24) is 0 Å². The lowest BCUT2D eigenvalue weighted by atomic mass is 10.1. The number of hydrogen-bond acceptors (Lipinski definition) is 3. The van der Waals surface area contributed by atoms with Crippen molar-refractivity contribution in [2.45, 2.75) is 6.61 Å². The maximum Gasteiger partial charge on any atom is 0.266 e. The maximum absolute atomic E-state index is 13.7. The molecule has 0 aliphatic heterocycles. The van der Waals surface area contributed by atoms with Gasteiger partial charge in [0.05, 0.1) is 9.26 Å². The normalized spacial score (nSPS) is 10.9. The van der Waals surface area contributed by atoms with Crippen LogP contribution in [0.2, 0.25) is 0 Å². The zero-order valence-electron chi connectivity index (χ0n) is 15.2. The van der Waals surface area contributed by atoms with Crippen LogP contribution in [-0.2, 0) is 11.4 Å². The number of nitriles is 1. The fourth-order valence-corrected chi connectivity index (χ4v) is 3.22. The first kappa shape index (κ1) is 20.6. The minimum atomic E-state index is -0.669. The number of nitrogens with one attached hydrogen (secondary N) is 1. The third-order valence-corrected chi connectivity index (χ3v) is 4.83. The topological polar surface area (TPSA) is 62.1 Å². The number of benzene rings is 3. The van der Waals surface area contributed by atoms with Crippen molar-refractivity contribution in [3.63, 3.8) is 0 Å². The molecule has 1 amide bonds. The molecule has 0 fully saturated rings. The highest BCUT2D eigenvalue weighted by Gasteiger charge is 2.12. The second kappa shape index (κ2) is 9.85. The smallest absolute Gasteiger partial charge is 0.266 e. The molecule has 0 heterocycles. The van der Waals surface area contributed by atoms with E-state index in [1.165, 1.54) is 24.3 Å². The molecule has 0 spiro atoms. The van der Waals surface area contributed by atoms with E-state index in [9.17, 15) is 14.4 Å². The summed E-state index contributed by atoms with van der Waals surface area (Å²) < 4.78 is 20.4. The molecule has 29 heavy (non-hydrogen) atoms. The van der Waals surface area contributed by atoms with E-state index in [1.807, 2.05) is 42.5 Å². The Morgan fingerprint density at radius 2 is 1.83 bits per heavy atom. The summed E-state index contributed by atoms with van der Waals surface area (Å²) in [5.41, 5.74) is 1.63. The molecule has 0 saturated heterocycles. The second-order valence-electron chi connectivity index (χ2n) is 6.07. The molecule has 0 aliphatic carbocycles. The number of hydrogen-bond donors (Lipinski definition) is 1. The number of nitrogens with zero attached hydrogens (tertiary/aromatic N) is 1. The molecule has 0 bridgehead atoms. The highest BCUT2D eigenvalue weighted by atomic mass is 127. The van der Waals surface area contributed by atoms with Gasteiger partial charge in [-0.3, -0.25) is 4.79 Å². The fraction of sp³-hybridized carbons (Fsp3) is 0.0435. The van der Waals surface area contributed by atoms with Gasteiger partial charge in [0.1, 0.15) is 29.8 Å². The van der Waals surface area contributed by atoms with E-state index in [0.717, 1.165) is 9.13 Å². The van der Waals surface area contributed by atoms with Crippen LogP contribution in [-0.4, -0.2) is 5.91 Å². The summed E-state index contributed by atoms with van der Waals surface area (Å²) in [7, 11) is 0. The van der Waals surface area contributed by atoms with Gasteiger partial charge in [-0.1, -0.05) is 48.5 Å². The van der Waals surface area contributed by atoms with Gasteiger partial charge >= 0.3 is 0 Å². The Morgan fingerprint density at radius 3 is 2.52 bits per heavy atom. The highest BCUT2D eigenvalue weighted by molar-refractivity contribution is 14.1. The van der Waals surface area contributed by atoms with E-state index in [1.54, 1.807) is 18.2 Å². The molecule has 4 nitrogen and oxygen atoms in total. The van der Waals surface area contributed by atoms with Gasteiger partial charge in [0.15, 0.2) is 0 Å². The van der Waals surface area contributed by atoms with Crippen molar-refractivity contribution in [3.05, 3.63) is 98.9 Å². The molecule has 144 valence electrons. The van der Waals surface area contributed by atoms with Crippen LogP contribution in [0.4, 0.5) is 10.1 Å². The van der Waals surface area contributed by atoms with E-state index in [4.69, 9.17) is 4.74 Å². The number of carbonyl (C=O) groups excluding carboxylic acids is 1. The van der Waals surface area contributed by atoms with Gasteiger partial charge in [-0.25, -0.2) is 4.39 Å². The first-order chi connectivity index (χ1) is 14.1. The zero-order valence-corrected chi connectivity index (χ0v) is 17.4. The van der Waals surface area contributed by atoms with E-state index < -0.39 is 11.7 Å². The molecule has 6 heteroatoms. The number of para-hydroxylation sites is 1. The van der Waals surface area contributed by atoms with Gasteiger partial charge in [-0.15, -0.1) is 0 Å². The van der Waals surface area contributed by atoms with E-state index >= 15 is 0 Å². The van der Waals surface area contributed by atoms with E-state index in [-0.39, 0.29) is 11.3 Å². The lowest BCUT2D eigenvalue weighted by molar-refractivity contribution is -0.112. The Bertz CT molecular complexity index is 1090. The van der Waals surface area contributed by atoms with Crippen LogP contribution >= 0.6 is 22.6 Å². The molecular formula is C23H16FIN2O2. The molecule has 0 saturated carbocycles. The van der Waals surface area contributed by atoms with Crippen LogP contribution in [0.5, 0.6) is 5.75 Å². The minimum absolute atomic E-state index is 0.0258. The van der Waals surface area contributed by atoms with Crippen molar-refractivity contribution in [3.8, 4) is 11.8 Å². The summed E-state index contributed by atoms with van der Waals surface area (Å²) in [6, 6.07) is 22.8. The maximum atomic E-state index is 13.7. The molecule has 0 unspecified atom stereocenters. The van der Waals surface area contributed by atoms with E-state index in [0.29, 0.717) is 17.9 Å². The molecule has 3 aromatic rings. The Balaban J connectivity index is 1.72. The van der Waals surface area contributed by atoms with Crippen molar-refractivity contribution in [2.24, 2.45) is 0 Å². The van der Waals surface area contributed by atoms with Crippen LogP contribution in [0.1, 0.15) is 11.1 Å². The quantitative estimate of drug-likeness (QED) is 0.275. The van der Waals surface area contributed by atoms with Gasteiger partial charge in [0.25, 0.3) is 5.91 Å². The Morgan fingerprint density at radius 1 is 1.10 bits per heavy atom. The predicted octanol–water partition coefficient (Wildman–Crippen LogP) is 5.55. The summed E-state index contributed by atoms with van der Waals surface area (Å²) in [6.45, 7) is 0.445. The van der Waals surface area contributed by atoms with Gasteiger partial charge in [-0.2, -0.15) is 5.26 Å². The summed E-state index contributed by atoms with van der Waals surface area (Å²) in [4.78, 5) is 12.3. The lowest BCUT2D eigenvalue weighted by Crippen LogP contribution is -2.14. The molecular weight excluding hydrogens is 482 g/mol. The largest absolute Gasteiger partial charge is 0.488 e. The third-order valence-electron chi connectivity index (χ3n) is 3.99.